The molecule has 0 aromatic heterocycles. The molecule has 100 valence electrons. The van der Waals surface area contributed by atoms with Crippen molar-refractivity contribution < 1.29 is 4.39 Å². The van der Waals surface area contributed by atoms with Gasteiger partial charge in [-0.3, -0.25) is 0 Å². The van der Waals surface area contributed by atoms with Gasteiger partial charge < -0.3 is 5.73 Å². The lowest BCUT2D eigenvalue weighted by Gasteiger charge is -2.14. The van der Waals surface area contributed by atoms with Crippen LogP contribution in [0.2, 0.25) is 0 Å². The molecule has 0 saturated carbocycles. The lowest BCUT2D eigenvalue weighted by molar-refractivity contribution is 0.614. The van der Waals surface area contributed by atoms with E-state index in [4.69, 9.17) is 5.73 Å². The van der Waals surface area contributed by atoms with Gasteiger partial charge in [-0.1, -0.05) is 24.3 Å². The molecule has 2 aromatic rings. The van der Waals surface area contributed by atoms with Crippen LogP contribution in [0.4, 0.5) is 4.39 Å². The Kier molecular flexibility index (Phi) is 5.02. The van der Waals surface area contributed by atoms with Gasteiger partial charge in [0.1, 0.15) is 5.82 Å². The van der Waals surface area contributed by atoms with E-state index in [1.165, 1.54) is 11.0 Å². The Balaban J connectivity index is 2.15. The fourth-order valence-electron chi connectivity index (χ4n) is 1.91. The van der Waals surface area contributed by atoms with Gasteiger partial charge in [0.2, 0.25) is 0 Å². The predicted octanol–water partition coefficient (Wildman–Crippen LogP) is 4.55. The predicted molar refractivity (Wildman–Crippen MR) is 83.0 cm³/mol. The molecule has 0 heterocycles. The van der Waals surface area contributed by atoms with Crippen LogP contribution in [0.3, 0.4) is 0 Å². The molecule has 2 N–H and O–H groups in total. The molecule has 1 nitrogen and oxygen atoms in total. The molecule has 2 rings (SSSR count). The maximum Gasteiger partial charge on any atom is 0.137 e. The van der Waals surface area contributed by atoms with Crippen LogP contribution < -0.4 is 5.73 Å². The van der Waals surface area contributed by atoms with Crippen molar-refractivity contribution in [2.75, 3.05) is 6.26 Å². The van der Waals surface area contributed by atoms with E-state index in [2.05, 4.69) is 28.1 Å². The number of hydrogen-bond acceptors (Lipinski definition) is 2. The lowest BCUT2D eigenvalue weighted by atomic mass is 10.00. The monoisotopic (exact) mass is 339 g/mol. The number of hydrogen-bond donors (Lipinski definition) is 1. The van der Waals surface area contributed by atoms with E-state index in [0.717, 1.165) is 11.1 Å². The van der Waals surface area contributed by atoms with E-state index in [1.807, 2.05) is 24.5 Å². The van der Waals surface area contributed by atoms with Gasteiger partial charge in [0, 0.05) is 10.9 Å². The van der Waals surface area contributed by atoms with E-state index in [-0.39, 0.29) is 11.9 Å². The fourth-order valence-corrected chi connectivity index (χ4v) is 2.75. The van der Waals surface area contributed by atoms with Crippen molar-refractivity contribution in [3.8, 4) is 0 Å². The second-order valence-corrected chi connectivity index (χ2v) is 5.97. The Morgan fingerprint density at radius 3 is 2.53 bits per heavy atom. The van der Waals surface area contributed by atoms with E-state index < -0.39 is 0 Å². The zero-order valence-corrected chi connectivity index (χ0v) is 13.0. The van der Waals surface area contributed by atoms with Gasteiger partial charge >= 0.3 is 0 Å². The standard InChI is InChI=1S/C15H15BrFNS/c1-19-12-7-5-10(6-8-12)14(18)9-11-3-2-4-13(17)15(11)16/h2-8,14H,9,18H2,1H3. The van der Waals surface area contributed by atoms with E-state index >= 15 is 0 Å². The van der Waals surface area contributed by atoms with Crippen molar-refractivity contribution in [2.24, 2.45) is 5.73 Å². The highest BCUT2D eigenvalue weighted by Gasteiger charge is 2.11. The maximum absolute atomic E-state index is 13.4. The summed E-state index contributed by atoms with van der Waals surface area (Å²) < 4.78 is 13.9. The first-order valence-electron chi connectivity index (χ1n) is 5.94. The van der Waals surface area contributed by atoms with Gasteiger partial charge in [0.05, 0.1) is 4.47 Å². The molecule has 0 bridgehead atoms. The molecule has 0 radical (unpaired) electrons. The third-order valence-corrected chi connectivity index (χ3v) is 4.65. The minimum Gasteiger partial charge on any atom is -0.324 e. The minimum atomic E-state index is -0.248. The van der Waals surface area contributed by atoms with Crippen LogP contribution in [0, 0.1) is 5.82 Å². The highest BCUT2D eigenvalue weighted by atomic mass is 79.9. The molecule has 2 aromatic carbocycles. The first kappa shape index (κ1) is 14.6. The van der Waals surface area contributed by atoms with E-state index in [1.54, 1.807) is 17.8 Å². The molecule has 0 aliphatic carbocycles. The highest BCUT2D eigenvalue weighted by molar-refractivity contribution is 9.10. The summed E-state index contributed by atoms with van der Waals surface area (Å²) in [4.78, 5) is 1.21. The molecule has 1 atom stereocenters. The van der Waals surface area contributed by atoms with Gasteiger partial charge in [-0.25, -0.2) is 4.39 Å². The SMILES string of the molecule is CSc1ccc(C(N)Cc2cccc(F)c2Br)cc1. The summed E-state index contributed by atoms with van der Waals surface area (Å²) in [6.07, 6.45) is 2.65. The van der Waals surface area contributed by atoms with Gasteiger partial charge in [-0.15, -0.1) is 11.8 Å². The Morgan fingerprint density at radius 2 is 1.89 bits per heavy atom. The lowest BCUT2D eigenvalue weighted by Crippen LogP contribution is -2.13. The molecule has 0 aliphatic rings. The summed E-state index contributed by atoms with van der Waals surface area (Å²) in [5.74, 6) is -0.248. The Labute approximate surface area is 125 Å². The minimum absolute atomic E-state index is 0.131. The van der Waals surface area contributed by atoms with Crippen molar-refractivity contribution in [2.45, 2.75) is 17.4 Å². The van der Waals surface area contributed by atoms with E-state index in [0.29, 0.717) is 10.9 Å². The Morgan fingerprint density at radius 1 is 1.21 bits per heavy atom. The molecule has 4 heteroatoms. The normalized spacial score (nSPS) is 12.4. The smallest absolute Gasteiger partial charge is 0.137 e. The molecule has 0 fully saturated rings. The summed E-state index contributed by atoms with van der Waals surface area (Å²) in [6, 6.07) is 13.1. The first-order chi connectivity index (χ1) is 9.11. The third-order valence-electron chi connectivity index (χ3n) is 3.02. The van der Waals surface area contributed by atoms with Crippen molar-refractivity contribution >= 4 is 27.7 Å². The molecule has 0 saturated heterocycles. The summed E-state index contributed by atoms with van der Waals surface area (Å²) in [5, 5.41) is 0. The number of thioether (sulfide) groups is 1. The molecular weight excluding hydrogens is 325 g/mol. The zero-order valence-electron chi connectivity index (χ0n) is 10.6. The average molecular weight is 340 g/mol. The van der Waals surface area contributed by atoms with Crippen molar-refractivity contribution in [3.63, 3.8) is 0 Å². The zero-order chi connectivity index (χ0) is 13.8. The second-order valence-electron chi connectivity index (χ2n) is 4.30. The molecule has 19 heavy (non-hydrogen) atoms. The number of nitrogens with two attached hydrogens (primary N) is 1. The number of benzene rings is 2. The summed E-state index contributed by atoms with van der Waals surface area (Å²) >= 11 is 4.97. The van der Waals surface area contributed by atoms with Crippen LogP contribution in [0.5, 0.6) is 0 Å². The van der Waals surface area contributed by atoms with Gasteiger partial charge in [0.25, 0.3) is 0 Å². The third kappa shape index (κ3) is 3.59. The van der Waals surface area contributed by atoms with Gasteiger partial charge in [0.15, 0.2) is 0 Å². The molecule has 1 unspecified atom stereocenters. The Bertz CT molecular complexity index is 557. The van der Waals surface area contributed by atoms with Crippen LogP contribution in [0.1, 0.15) is 17.2 Å². The Hall–Kier alpha value is -0.840. The summed E-state index contributed by atoms with van der Waals surface area (Å²) in [5.41, 5.74) is 8.14. The quantitative estimate of drug-likeness (QED) is 0.826. The van der Waals surface area contributed by atoms with Crippen LogP contribution >= 0.6 is 27.7 Å². The van der Waals surface area contributed by atoms with Crippen LogP contribution in [0.25, 0.3) is 0 Å². The largest absolute Gasteiger partial charge is 0.324 e. The molecule has 0 amide bonds. The van der Waals surface area contributed by atoms with Gasteiger partial charge in [-0.2, -0.15) is 0 Å². The number of rotatable bonds is 4. The maximum atomic E-state index is 13.4. The molecule has 0 aliphatic heterocycles. The van der Waals surface area contributed by atoms with Crippen molar-refractivity contribution in [1.29, 1.82) is 0 Å². The fraction of sp³-hybridized carbons (Fsp3) is 0.200. The molecule has 0 spiro atoms. The van der Waals surface area contributed by atoms with Crippen LogP contribution in [-0.2, 0) is 6.42 Å². The summed E-state index contributed by atoms with van der Waals surface area (Å²) in [6.45, 7) is 0. The highest BCUT2D eigenvalue weighted by Crippen LogP contribution is 2.25. The van der Waals surface area contributed by atoms with Crippen molar-refractivity contribution in [1.82, 2.24) is 0 Å². The van der Waals surface area contributed by atoms with Gasteiger partial charge in [-0.05, 0) is 57.9 Å². The second kappa shape index (κ2) is 6.55. The summed E-state index contributed by atoms with van der Waals surface area (Å²) in [7, 11) is 0. The molecular formula is C15H15BrFNS. The average Bonchev–Trinajstić information content (AvgIpc) is 2.44. The number of halogens is 2. The van der Waals surface area contributed by atoms with Crippen LogP contribution in [-0.4, -0.2) is 6.26 Å². The van der Waals surface area contributed by atoms with Crippen molar-refractivity contribution in [3.05, 3.63) is 63.9 Å². The van der Waals surface area contributed by atoms with Crippen LogP contribution in [0.15, 0.2) is 51.8 Å². The first-order valence-corrected chi connectivity index (χ1v) is 7.96. The van der Waals surface area contributed by atoms with E-state index in [9.17, 15) is 4.39 Å². The topological polar surface area (TPSA) is 26.0 Å².